The Labute approximate surface area is 165 Å². The summed E-state index contributed by atoms with van der Waals surface area (Å²) < 4.78 is 5.17. The van der Waals surface area contributed by atoms with Crippen LogP contribution in [0, 0.1) is 19.8 Å². The molecule has 0 aliphatic heterocycles. The Kier molecular flexibility index (Phi) is 5.93. The van der Waals surface area contributed by atoms with Crippen LogP contribution in [0.3, 0.4) is 0 Å². The van der Waals surface area contributed by atoms with Crippen LogP contribution in [-0.2, 0) is 9.53 Å². The van der Waals surface area contributed by atoms with Gasteiger partial charge < -0.3 is 10.1 Å². The van der Waals surface area contributed by atoms with Gasteiger partial charge in [-0.15, -0.1) is 0 Å². The molecule has 5 heteroatoms. The zero-order valence-electron chi connectivity index (χ0n) is 16.5. The molecule has 3 rings (SSSR count). The fourth-order valence-corrected chi connectivity index (χ4v) is 3.20. The molecule has 0 spiro atoms. The largest absolute Gasteiger partial charge is 0.452 e. The van der Waals surface area contributed by atoms with Crippen molar-refractivity contribution in [1.82, 2.24) is 5.32 Å². The summed E-state index contributed by atoms with van der Waals surface area (Å²) in [7, 11) is 0. The Morgan fingerprint density at radius 2 is 1.71 bits per heavy atom. The zero-order chi connectivity index (χ0) is 20.3. The standard InChI is InChI=1S/C23H25NO4/c1-14-8-9-15(2)20(12-14)22(26)18-6-4-5-7-19(18)23(27)28-13-21(25)24-16(3)17-10-11-17/h4-9,12,16-17H,10-11,13H2,1-3H3,(H,24,25). The predicted molar refractivity (Wildman–Crippen MR) is 106 cm³/mol. The molecule has 1 amide bonds. The van der Waals surface area contributed by atoms with Crippen LogP contribution in [0.15, 0.2) is 42.5 Å². The number of rotatable bonds is 7. The topological polar surface area (TPSA) is 72.5 Å². The molecule has 0 aromatic heterocycles. The first-order chi connectivity index (χ1) is 13.4. The van der Waals surface area contributed by atoms with Gasteiger partial charge in [0.15, 0.2) is 12.4 Å². The van der Waals surface area contributed by atoms with Gasteiger partial charge >= 0.3 is 5.97 Å². The molecular formula is C23H25NO4. The third-order valence-electron chi connectivity index (χ3n) is 5.08. The lowest BCUT2D eigenvalue weighted by molar-refractivity contribution is -0.124. The summed E-state index contributed by atoms with van der Waals surface area (Å²) in [6, 6.07) is 12.3. The Bertz CT molecular complexity index is 915. The highest BCUT2D eigenvalue weighted by Crippen LogP contribution is 2.32. The van der Waals surface area contributed by atoms with Gasteiger partial charge in [-0.2, -0.15) is 0 Å². The summed E-state index contributed by atoms with van der Waals surface area (Å²) in [5, 5.41) is 2.84. The highest BCUT2D eigenvalue weighted by molar-refractivity contribution is 6.15. The third-order valence-corrected chi connectivity index (χ3v) is 5.08. The molecule has 0 heterocycles. The van der Waals surface area contributed by atoms with Gasteiger partial charge in [0.1, 0.15) is 0 Å². The van der Waals surface area contributed by atoms with Crippen molar-refractivity contribution in [2.75, 3.05) is 6.61 Å². The minimum atomic E-state index is -0.677. The van der Waals surface area contributed by atoms with Crippen LogP contribution < -0.4 is 5.32 Å². The van der Waals surface area contributed by atoms with Gasteiger partial charge in [-0.3, -0.25) is 9.59 Å². The number of esters is 1. The molecule has 0 saturated heterocycles. The van der Waals surface area contributed by atoms with E-state index in [1.54, 1.807) is 24.3 Å². The van der Waals surface area contributed by atoms with Crippen LogP contribution in [0.25, 0.3) is 0 Å². The number of hydrogen-bond donors (Lipinski definition) is 1. The number of aryl methyl sites for hydroxylation is 2. The van der Waals surface area contributed by atoms with Crippen LogP contribution in [0.2, 0.25) is 0 Å². The van der Waals surface area contributed by atoms with Crippen LogP contribution in [0.1, 0.15) is 57.2 Å². The Morgan fingerprint density at radius 3 is 2.39 bits per heavy atom. The number of ketones is 1. The van der Waals surface area contributed by atoms with Gasteiger partial charge in [-0.1, -0.05) is 35.9 Å². The molecule has 1 aliphatic carbocycles. The normalized spacial score (nSPS) is 14.2. The summed E-state index contributed by atoms with van der Waals surface area (Å²) in [6.45, 7) is 5.37. The van der Waals surface area contributed by atoms with Crippen LogP contribution in [0.4, 0.5) is 0 Å². The first-order valence-electron chi connectivity index (χ1n) is 9.54. The molecule has 1 fully saturated rings. The molecule has 2 aromatic rings. The summed E-state index contributed by atoms with van der Waals surface area (Å²) in [4.78, 5) is 37.5. The number of ether oxygens (including phenoxy) is 1. The number of benzene rings is 2. The van der Waals surface area contributed by atoms with E-state index in [0.717, 1.165) is 24.0 Å². The van der Waals surface area contributed by atoms with Crippen molar-refractivity contribution in [2.24, 2.45) is 5.92 Å². The van der Waals surface area contributed by atoms with E-state index in [0.29, 0.717) is 11.5 Å². The van der Waals surface area contributed by atoms with Crippen LogP contribution in [0.5, 0.6) is 0 Å². The highest BCUT2D eigenvalue weighted by atomic mass is 16.5. The molecular weight excluding hydrogens is 354 g/mol. The van der Waals surface area contributed by atoms with Gasteiger partial charge in [-0.25, -0.2) is 4.79 Å². The maximum atomic E-state index is 13.0. The van der Waals surface area contributed by atoms with E-state index in [1.165, 1.54) is 0 Å². The second-order valence-corrected chi connectivity index (χ2v) is 7.46. The summed E-state index contributed by atoms with van der Waals surface area (Å²) >= 11 is 0. The lowest BCUT2D eigenvalue weighted by atomic mass is 9.94. The van der Waals surface area contributed by atoms with Crippen molar-refractivity contribution < 1.29 is 19.1 Å². The second kappa shape index (κ2) is 8.38. The van der Waals surface area contributed by atoms with Gasteiger partial charge in [0, 0.05) is 17.2 Å². The monoisotopic (exact) mass is 379 g/mol. The van der Waals surface area contributed by atoms with E-state index < -0.39 is 5.97 Å². The maximum absolute atomic E-state index is 13.0. The van der Waals surface area contributed by atoms with E-state index in [1.807, 2.05) is 39.0 Å². The van der Waals surface area contributed by atoms with Gasteiger partial charge in [0.05, 0.1) is 5.56 Å². The number of nitrogens with one attached hydrogen (secondary N) is 1. The molecule has 5 nitrogen and oxygen atoms in total. The summed E-state index contributed by atoms with van der Waals surface area (Å²) in [5.41, 5.74) is 2.79. The van der Waals surface area contributed by atoms with E-state index in [2.05, 4.69) is 5.32 Å². The lowest BCUT2D eigenvalue weighted by Crippen LogP contribution is -2.37. The van der Waals surface area contributed by atoms with Crippen molar-refractivity contribution in [1.29, 1.82) is 0 Å². The predicted octanol–water partition coefficient (Wildman–Crippen LogP) is 3.61. The molecule has 146 valence electrons. The van der Waals surface area contributed by atoms with E-state index in [4.69, 9.17) is 4.74 Å². The van der Waals surface area contributed by atoms with Gasteiger partial charge in [0.2, 0.25) is 0 Å². The number of hydrogen-bond acceptors (Lipinski definition) is 4. The molecule has 0 radical (unpaired) electrons. The summed E-state index contributed by atoms with van der Waals surface area (Å²) in [6.07, 6.45) is 2.24. The molecule has 1 unspecified atom stereocenters. The quantitative estimate of drug-likeness (QED) is 0.589. The average Bonchev–Trinajstić information content (AvgIpc) is 3.53. The first kappa shape index (κ1) is 19.8. The van der Waals surface area contributed by atoms with Crippen molar-refractivity contribution >= 4 is 17.7 Å². The van der Waals surface area contributed by atoms with Crippen molar-refractivity contribution in [2.45, 2.75) is 39.7 Å². The van der Waals surface area contributed by atoms with Crippen LogP contribution >= 0.6 is 0 Å². The first-order valence-corrected chi connectivity index (χ1v) is 9.54. The van der Waals surface area contributed by atoms with Gasteiger partial charge in [0.25, 0.3) is 5.91 Å². The van der Waals surface area contributed by atoms with Crippen LogP contribution in [-0.4, -0.2) is 30.3 Å². The minimum absolute atomic E-state index is 0.0874. The van der Waals surface area contributed by atoms with Crippen molar-refractivity contribution in [3.8, 4) is 0 Å². The molecule has 1 N–H and O–H groups in total. The summed E-state index contributed by atoms with van der Waals surface area (Å²) in [5.74, 6) is -0.717. The average molecular weight is 379 g/mol. The smallest absolute Gasteiger partial charge is 0.339 e. The Hall–Kier alpha value is -2.95. The number of amides is 1. The number of carbonyl (C=O) groups is 3. The molecule has 1 saturated carbocycles. The SMILES string of the molecule is Cc1ccc(C)c(C(=O)c2ccccc2C(=O)OCC(=O)NC(C)C2CC2)c1. The fourth-order valence-electron chi connectivity index (χ4n) is 3.20. The molecule has 1 atom stereocenters. The van der Waals surface area contributed by atoms with E-state index in [-0.39, 0.29) is 35.5 Å². The molecule has 28 heavy (non-hydrogen) atoms. The van der Waals surface area contributed by atoms with Crippen molar-refractivity contribution in [3.05, 3.63) is 70.3 Å². The van der Waals surface area contributed by atoms with Crippen molar-refractivity contribution in [3.63, 3.8) is 0 Å². The number of carbonyl (C=O) groups excluding carboxylic acids is 3. The maximum Gasteiger partial charge on any atom is 0.339 e. The zero-order valence-corrected chi connectivity index (χ0v) is 16.5. The molecule has 0 bridgehead atoms. The minimum Gasteiger partial charge on any atom is -0.452 e. The molecule has 1 aliphatic rings. The Balaban J connectivity index is 1.72. The van der Waals surface area contributed by atoms with E-state index >= 15 is 0 Å². The van der Waals surface area contributed by atoms with Gasteiger partial charge in [-0.05, 0) is 57.2 Å². The highest BCUT2D eigenvalue weighted by Gasteiger charge is 2.29. The molecule has 2 aromatic carbocycles. The van der Waals surface area contributed by atoms with E-state index in [9.17, 15) is 14.4 Å². The lowest BCUT2D eigenvalue weighted by Gasteiger charge is -2.13. The fraction of sp³-hybridized carbons (Fsp3) is 0.348. The third kappa shape index (κ3) is 4.66. The second-order valence-electron chi connectivity index (χ2n) is 7.46. The Morgan fingerprint density at radius 1 is 1.04 bits per heavy atom.